The van der Waals surface area contributed by atoms with Crippen LogP contribution in [-0.2, 0) is 15.7 Å². The number of ether oxygens (including phenoxy) is 2. The van der Waals surface area contributed by atoms with E-state index in [1.807, 2.05) is 0 Å². The maximum atomic E-state index is 13.0. The minimum atomic E-state index is -4.69. The summed E-state index contributed by atoms with van der Waals surface area (Å²) in [5, 5.41) is 4.01. The molecule has 0 aliphatic carbocycles. The molecule has 7 nitrogen and oxygen atoms in total. The topological polar surface area (TPSA) is 79.1 Å². The molecule has 136 valence electrons. The van der Waals surface area contributed by atoms with Gasteiger partial charge >= 0.3 is 12.1 Å². The predicted molar refractivity (Wildman–Crippen MR) is 82.7 cm³/mol. The number of esters is 1. The Morgan fingerprint density at radius 3 is 2.76 bits per heavy atom. The van der Waals surface area contributed by atoms with Gasteiger partial charge in [-0.25, -0.2) is 14.8 Å². The molecule has 2 rings (SSSR count). The molecule has 2 aromatic rings. The molecule has 0 aliphatic rings. The van der Waals surface area contributed by atoms with Crippen LogP contribution in [0, 0.1) is 0 Å². The summed E-state index contributed by atoms with van der Waals surface area (Å²) in [5.41, 5.74) is -1.18. The second-order valence-corrected chi connectivity index (χ2v) is 5.52. The summed E-state index contributed by atoms with van der Waals surface area (Å²) in [6, 6.07) is 2.29. The monoisotopic (exact) mass is 376 g/mol. The van der Waals surface area contributed by atoms with Crippen LogP contribution in [0.2, 0.25) is 0 Å². The van der Waals surface area contributed by atoms with Crippen LogP contribution in [0.25, 0.3) is 5.95 Å². The Hall–Kier alpha value is -2.30. The van der Waals surface area contributed by atoms with Gasteiger partial charge in [-0.05, 0) is 26.2 Å². The van der Waals surface area contributed by atoms with Gasteiger partial charge in [-0.15, -0.1) is 11.8 Å². The van der Waals surface area contributed by atoms with Crippen molar-refractivity contribution >= 4 is 17.7 Å². The molecule has 0 bridgehead atoms. The summed E-state index contributed by atoms with van der Waals surface area (Å²) < 4.78 is 49.9. The van der Waals surface area contributed by atoms with Crippen molar-refractivity contribution in [3.05, 3.63) is 24.0 Å². The highest BCUT2D eigenvalue weighted by atomic mass is 32.2. The molecule has 0 spiro atoms. The van der Waals surface area contributed by atoms with Gasteiger partial charge in [-0.1, -0.05) is 0 Å². The van der Waals surface area contributed by atoms with E-state index in [1.54, 1.807) is 19.2 Å². The zero-order chi connectivity index (χ0) is 18.6. The Morgan fingerprint density at radius 1 is 1.44 bits per heavy atom. The van der Waals surface area contributed by atoms with Gasteiger partial charge in [0.15, 0.2) is 11.8 Å². The zero-order valence-corrected chi connectivity index (χ0v) is 14.4. The maximum Gasteiger partial charge on any atom is 0.435 e. The number of alkyl halides is 3. The van der Waals surface area contributed by atoms with Crippen LogP contribution in [0.4, 0.5) is 13.2 Å². The standard InChI is InChI=1S/C14H15F3N4O3S/c1-4-23-12(22)8(2)24-11-7-9(14(15,16)17)20-21(11)13-18-6-5-10(19-13)25-3/h5-8H,4H2,1-3H3. The van der Waals surface area contributed by atoms with E-state index >= 15 is 0 Å². The summed E-state index contributed by atoms with van der Waals surface area (Å²) in [6.07, 6.45) is -2.66. The molecular weight excluding hydrogens is 361 g/mol. The van der Waals surface area contributed by atoms with Crippen molar-refractivity contribution in [3.8, 4) is 11.8 Å². The Balaban J connectivity index is 2.43. The zero-order valence-electron chi connectivity index (χ0n) is 13.6. The third-order valence-corrected chi connectivity index (χ3v) is 3.54. The average molecular weight is 376 g/mol. The van der Waals surface area contributed by atoms with Crippen LogP contribution in [0.5, 0.6) is 5.88 Å². The lowest BCUT2D eigenvalue weighted by Gasteiger charge is -2.13. The predicted octanol–water partition coefficient (Wildman–Crippen LogP) is 2.73. The molecule has 2 heterocycles. The molecule has 2 aromatic heterocycles. The Bertz CT molecular complexity index is 751. The molecule has 0 fully saturated rings. The first-order chi connectivity index (χ1) is 11.8. The van der Waals surface area contributed by atoms with Crippen molar-refractivity contribution in [1.82, 2.24) is 19.7 Å². The van der Waals surface area contributed by atoms with Gasteiger partial charge in [0.2, 0.25) is 5.88 Å². The quantitative estimate of drug-likeness (QED) is 0.436. The molecule has 0 N–H and O–H groups in total. The van der Waals surface area contributed by atoms with Crippen molar-refractivity contribution < 1.29 is 27.4 Å². The van der Waals surface area contributed by atoms with Gasteiger partial charge in [0.25, 0.3) is 5.95 Å². The fraction of sp³-hybridized carbons (Fsp3) is 0.429. The van der Waals surface area contributed by atoms with Gasteiger partial charge < -0.3 is 9.47 Å². The number of carbonyl (C=O) groups excluding carboxylic acids is 1. The molecule has 0 saturated carbocycles. The first-order valence-corrected chi connectivity index (χ1v) is 8.36. The minimum absolute atomic E-state index is 0.103. The lowest BCUT2D eigenvalue weighted by Crippen LogP contribution is -2.27. The van der Waals surface area contributed by atoms with Crippen molar-refractivity contribution in [2.45, 2.75) is 31.2 Å². The molecular formula is C14H15F3N4O3S. The van der Waals surface area contributed by atoms with Gasteiger partial charge in [0, 0.05) is 12.3 Å². The lowest BCUT2D eigenvalue weighted by molar-refractivity contribution is -0.150. The molecule has 1 atom stereocenters. The molecule has 0 radical (unpaired) electrons. The van der Waals surface area contributed by atoms with Gasteiger partial charge in [-0.3, -0.25) is 0 Å². The fourth-order valence-corrected chi connectivity index (χ4v) is 2.14. The number of nitrogens with zero attached hydrogens (tertiary/aromatic N) is 4. The number of aromatic nitrogens is 4. The fourth-order valence-electron chi connectivity index (χ4n) is 1.77. The highest BCUT2D eigenvalue weighted by molar-refractivity contribution is 7.98. The van der Waals surface area contributed by atoms with E-state index < -0.39 is 23.9 Å². The van der Waals surface area contributed by atoms with Crippen molar-refractivity contribution in [2.24, 2.45) is 0 Å². The average Bonchev–Trinajstić information content (AvgIpc) is 2.99. The van der Waals surface area contributed by atoms with Crippen molar-refractivity contribution in [3.63, 3.8) is 0 Å². The minimum Gasteiger partial charge on any atom is -0.463 e. The van der Waals surface area contributed by atoms with E-state index in [4.69, 9.17) is 9.47 Å². The van der Waals surface area contributed by atoms with E-state index in [0.717, 1.165) is 4.68 Å². The summed E-state index contributed by atoms with van der Waals surface area (Å²) in [4.78, 5) is 19.7. The van der Waals surface area contributed by atoms with Crippen LogP contribution < -0.4 is 4.74 Å². The molecule has 1 unspecified atom stereocenters. The lowest BCUT2D eigenvalue weighted by atomic mass is 10.4. The largest absolute Gasteiger partial charge is 0.463 e. The summed E-state index contributed by atoms with van der Waals surface area (Å²) in [7, 11) is 0. The number of hydrogen-bond donors (Lipinski definition) is 0. The second kappa shape index (κ2) is 7.72. The molecule has 0 saturated heterocycles. The molecule has 25 heavy (non-hydrogen) atoms. The third-order valence-electron chi connectivity index (χ3n) is 2.90. The number of hydrogen-bond acceptors (Lipinski definition) is 7. The van der Waals surface area contributed by atoms with Gasteiger partial charge in [0.05, 0.1) is 6.61 Å². The SMILES string of the molecule is CCOC(=O)C(C)Oc1cc(C(F)(F)F)nn1-c1nccc(SC)n1. The van der Waals surface area contributed by atoms with Gasteiger partial charge in [0.1, 0.15) is 5.03 Å². The second-order valence-electron chi connectivity index (χ2n) is 4.69. The first kappa shape index (κ1) is 19.0. The smallest absolute Gasteiger partial charge is 0.435 e. The Kier molecular flexibility index (Phi) is 5.88. The Morgan fingerprint density at radius 2 is 2.16 bits per heavy atom. The van der Waals surface area contributed by atoms with Crippen LogP contribution in [-0.4, -0.2) is 44.7 Å². The van der Waals surface area contributed by atoms with E-state index in [0.29, 0.717) is 11.1 Å². The third kappa shape index (κ3) is 4.62. The number of rotatable bonds is 6. The summed E-state index contributed by atoms with van der Waals surface area (Å²) in [5.74, 6) is -1.12. The highest BCUT2D eigenvalue weighted by Gasteiger charge is 2.36. The van der Waals surface area contributed by atoms with Crippen LogP contribution in [0.15, 0.2) is 23.4 Å². The maximum absolute atomic E-state index is 13.0. The molecule has 0 aromatic carbocycles. The molecule has 0 amide bonds. The van der Waals surface area contributed by atoms with E-state index in [-0.39, 0.29) is 18.4 Å². The van der Waals surface area contributed by atoms with Gasteiger partial charge in [-0.2, -0.15) is 23.0 Å². The van der Waals surface area contributed by atoms with E-state index in [2.05, 4.69) is 15.1 Å². The number of thioether (sulfide) groups is 1. The van der Waals surface area contributed by atoms with Crippen molar-refractivity contribution in [1.29, 1.82) is 0 Å². The number of carbonyl (C=O) groups is 1. The summed E-state index contributed by atoms with van der Waals surface area (Å²) in [6.45, 7) is 3.10. The van der Waals surface area contributed by atoms with E-state index in [1.165, 1.54) is 24.9 Å². The summed E-state index contributed by atoms with van der Waals surface area (Å²) >= 11 is 1.29. The molecule has 11 heteroatoms. The Labute approximate surface area is 145 Å². The first-order valence-electron chi connectivity index (χ1n) is 7.14. The normalized spacial score (nSPS) is 12.7. The van der Waals surface area contributed by atoms with Crippen LogP contribution in [0.1, 0.15) is 19.5 Å². The highest BCUT2D eigenvalue weighted by Crippen LogP contribution is 2.32. The van der Waals surface area contributed by atoms with E-state index in [9.17, 15) is 18.0 Å². The van der Waals surface area contributed by atoms with Crippen LogP contribution in [0.3, 0.4) is 0 Å². The van der Waals surface area contributed by atoms with Crippen molar-refractivity contribution in [2.75, 3.05) is 12.9 Å². The number of halogens is 3. The molecule has 0 aliphatic heterocycles. The van der Waals surface area contributed by atoms with Crippen LogP contribution >= 0.6 is 11.8 Å².